The molecule has 0 bridgehead atoms. The molecule has 0 radical (unpaired) electrons. The number of aromatic carboxylic acids is 1. The molecule has 0 unspecified atom stereocenters. The third kappa shape index (κ3) is 0.863. The second-order valence-electron chi connectivity index (χ2n) is 2.34. The average Bonchev–Trinajstić information content (AvgIpc) is 2.44. The number of nitrogens with zero attached hydrogens (tertiary/aromatic N) is 2. The summed E-state index contributed by atoms with van der Waals surface area (Å²) in [7, 11) is 0. The summed E-state index contributed by atoms with van der Waals surface area (Å²) in [6.07, 6.45) is 0. The molecule has 1 N–H and O–H groups in total. The first-order valence-corrected chi connectivity index (χ1v) is 3.70. The minimum Gasteiger partial charge on any atom is -0.476 e. The van der Waals surface area contributed by atoms with Gasteiger partial charge in [0.25, 0.3) is 6.01 Å². The van der Waals surface area contributed by atoms with Crippen molar-refractivity contribution in [1.29, 1.82) is 0 Å². The van der Waals surface area contributed by atoms with Crippen molar-refractivity contribution < 1.29 is 14.6 Å². The molecule has 1 aliphatic rings. The van der Waals surface area contributed by atoms with E-state index >= 15 is 0 Å². The number of hydrogen-bond acceptors (Lipinski definition) is 3. The Balaban J connectivity index is 2.59. The van der Waals surface area contributed by atoms with Crippen LogP contribution in [0.2, 0.25) is 5.15 Å². The summed E-state index contributed by atoms with van der Waals surface area (Å²) in [4.78, 5) is 14.4. The third-order valence-corrected chi connectivity index (χ3v) is 1.90. The Bertz CT molecular complexity index is 347. The van der Waals surface area contributed by atoms with Crippen LogP contribution in [0.3, 0.4) is 0 Å². The van der Waals surface area contributed by atoms with Crippen LogP contribution in [0.4, 0.5) is 0 Å². The summed E-state index contributed by atoms with van der Waals surface area (Å²) in [5.74, 6) is -1.08. The van der Waals surface area contributed by atoms with E-state index < -0.39 is 5.97 Å². The molecule has 0 saturated heterocycles. The Morgan fingerprint density at radius 3 is 3.17 bits per heavy atom. The van der Waals surface area contributed by atoms with Gasteiger partial charge in [-0.1, -0.05) is 11.6 Å². The fourth-order valence-corrected chi connectivity index (χ4v) is 1.41. The minimum absolute atomic E-state index is 0.00386. The van der Waals surface area contributed by atoms with Crippen LogP contribution in [-0.2, 0) is 6.54 Å². The SMILES string of the molecule is O=C(O)c1c(Cl)nc2n1CCO2. The van der Waals surface area contributed by atoms with Crippen molar-refractivity contribution in [1.82, 2.24) is 9.55 Å². The van der Waals surface area contributed by atoms with Gasteiger partial charge in [-0.15, -0.1) is 0 Å². The normalized spacial score (nSPS) is 14.1. The van der Waals surface area contributed by atoms with Crippen LogP contribution in [0.5, 0.6) is 6.01 Å². The lowest BCUT2D eigenvalue weighted by Crippen LogP contribution is -2.06. The first-order valence-electron chi connectivity index (χ1n) is 3.32. The van der Waals surface area contributed by atoms with E-state index in [9.17, 15) is 4.79 Å². The quantitative estimate of drug-likeness (QED) is 0.702. The summed E-state index contributed by atoms with van der Waals surface area (Å²) < 4.78 is 6.46. The van der Waals surface area contributed by atoms with Gasteiger partial charge in [0, 0.05) is 0 Å². The fourth-order valence-electron chi connectivity index (χ4n) is 1.15. The number of fused-ring (bicyclic) bond motifs is 1. The number of imidazole rings is 1. The van der Waals surface area contributed by atoms with Gasteiger partial charge in [-0.2, -0.15) is 4.98 Å². The van der Waals surface area contributed by atoms with E-state index in [0.29, 0.717) is 13.2 Å². The molecule has 5 nitrogen and oxygen atoms in total. The lowest BCUT2D eigenvalue weighted by molar-refractivity contribution is 0.0686. The maximum absolute atomic E-state index is 10.6. The van der Waals surface area contributed by atoms with Gasteiger partial charge in [0.1, 0.15) is 6.61 Å². The summed E-state index contributed by atoms with van der Waals surface area (Å²) in [5.41, 5.74) is 0.00386. The van der Waals surface area contributed by atoms with Gasteiger partial charge in [-0.05, 0) is 0 Å². The molecule has 1 aromatic rings. The van der Waals surface area contributed by atoms with Crippen molar-refractivity contribution in [2.75, 3.05) is 6.61 Å². The molecule has 0 spiro atoms. The average molecular weight is 189 g/mol. The zero-order chi connectivity index (χ0) is 8.72. The predicted octanol–water partition coefficient (Wildman–Crippen LogP) is 0.627. The summed E-state index contributed by atoms with van der Waals surface area (Å²) in [6.45, 7) is 0.955. The topological polar surface area (TPSA) is 64.3 Å². The van der Waals surface area contributed by atoms with E-state index in [0.717, 1.165) is 0 Å². The number of rotatable bonds is 1. The number of carbonyl (C=O) groups is 1. The molecule has 12 heavy (non-hydrogen) atoms. The number of carboxylic acid groups (broad SMARTS) is 1. The Morgan fingerprint density at radius 1 is 1.75 bits per heavy atom. The van der Waals surface area contributed by atoms with Gasteiger partial charge in [0.15, 0.2) is 10.8 Å². The molecule has 1 aliphatic heterocycles. The molecule has 0 aliphatic carbocycles. The maximum Gasteiger partial charge on any atom is 0.355 e. The molecule has 0 saturated carbocycles. The number of halogens is 1. The van der Waals surface area contributed by atoms with Crippen molar-refractivity contribution in [3.8, 4) is 6.01 Å². The predicted molar refractivity (Wildman–Crippen MR) is 39.7 cm³/mol. The summed E-state index contributed by atoms with van der Waals surface area (Å²) in [6, 6.07) is 0.289. The molecular formula is C6H5ClN2O3. The fraction of sp³-hybridized carbons (Fsp3) is 0.333. The second-order valence-corrected chi connectivity index (χ2v) is 2.70. The first kappa shape index (κ1) is 7.42. The van der Waals surface area contributed by atoms with Crippen LogP contribution in [0.25, 0.3) is 0 Å². The molecule has 1 aromatic heterocycles. The molecule has 2 rings (SSSR count). The Kier molecular flexibility index (Phi) is 1.47. The molecule has 2 heterocycles. The van der Waals surface area contributed by atoms with Gasteiger partial charge in [-0.25, -0.2) is 4.79 Å². The van der Waals surface area contributed by atoms with Crippen LogP contribution in [0.15, 0.2) is 0 Å². The maximum atomic E-state index is 10.6. The number of ether oxygens (including phenoxy) is 1. The standard InChI is InChI=1S/C6H5ClN2O3/c7-4-3(5(10)11)9-1-2-12-6(9)8-4/h1-2H2,(H,10,11). The molecule has 6 heteroatoms. The van der Waals surface area contributed by atoms with Gasteiger partial charge in [0.05, 0.1) is 6.54 Å². The van der Waals surface area contributed by atoms with E-state index in [-0.39, 0.29) is 16.9 Å². The molecule has 0 atom stereocenters. The van der Waals surface area contributed by atoms with E-state index in [1.165, 1.54) is 4.57 Å². The summed E-state index contributed by atoms with van der Waals surface area (Å²) >= 11 is 5.57. The van der Waals surface area contributed by atoms with Crippen molar-refractivity contribution in [3.63, 3.8) is 0 Å². The van der Waals surface area contributed by atoms with E-state index in [4.69, 9.17) is 21.4 Å². The minimum atomic E-state index is -1.08. The highest BCUT2D eigenvalue weighted by Crippen LogP contribution is 2.25. The molecule has 0 aromatic carbocycles. The molecule has 0 amide bonds. The Labute approximate surface area is 72.5 Å². The van der Waals surface area contributed by atoms with Gasteiger partial charge >= 0.3 is 5.97 Å². The number of aromatic nitrogens is 2. The zero-order valence-corrected chi connectivity index (χ0v) is 6.71. The lowest BCUT2D eigenvalue weighted by atomic mass is 10.4. The van der Waals surface area contributed by atoms with Gasteiger partial charge in [0.2, 0.25) is 0 Å². The van der Waals surface area contributed by atoms with E-state index in [1.54, 1.807) is 0 Å². The van der Waals surface area contributed by atoms with E-state index in [2.05, 4.69) is 4.98 Å². The van der Waals surface area contributed by atoms with Crippen molar-refractivity contribution >= 4 is 17.6 Å². The molecular weight excluding hydrogens is 184 g/mol. The highest BCUT2D eigenvalue weighted by Gasteiger charge is 2.25. The second kappa shape index (κ2) is 2.38. The zero-order valence-electron chi connectivity index (χ0n) is 5.95. The largest absolute Gasteiger partial charge is 0.476 e. The third-order valence-electron chi connectivity index (χ3n) is 1.64. The van der Waals surface area contributed by atoms with Crippen molar-refractivity contribution in [2.24, 2.45) is 0 Å². The highest BCUT2D eigenvalue weighted by atomic mass is 35.5. The van der Waals surface area contributed by atoms with E-state index in [1.807, 2.05) is 0 Å². The van der Waals surface area contributed by atoms with Crippen molar-refractivity contribution in [3.05, 3.63) is 10.8 Å². The van der Waals surface area contributed by atoms with Crippen LogP contribution in [-0.4, -0.2) is 27.2 Å². The van der Waals surface area contributed by atoms with Gasteiger partial charge in [-0.3, -0.25) is 4.57 Å². The highest BCUT2D eigenvalue weighted by molar-refractivity contribution is 6.32. The number of carboxylic acids is 1. The first-order chi connectivity index (χ1) is 5.70. The molecule has 64 valence electrons. The summed E-state index contributed by atoms with van der Waals surface area (Å²) in [5, 5.41) is 8.70. The van der Waals surface area contributed by atoms with Crippen molar-refractivity contribution in [2.45, 2.75) is 6.54 Å². The van der Waals surface area contributed by atoms with Crippen LogP contribution in [0.1, 0.15) is 10.5 Å². The van der Waals surface area contributed by atoms with Crippen LogP contribution >= 0.6 is 11.6 Å². The number of hydrogen-bond donors (Lipinski definition) is 1. The molecule has 0 fully saturated rings. The Hall–Kier alpha value is -1.23. The van der Waals surface area contributed by atoms with Crippen LogP contribution < -0.4 is 4.74 Å². The van der Waals surface area contributed by atoms with Crippen LogP contribution in [0, 0.1) is 0 Å². The van der Waals surface area contributed by atoms with Gasteiger partial charge < -0.3 is 9.84 Å². The monoisotopic (exact) mass is 188 g/mol. The lowest BCUT2D eigenvalue weighted by Gasteiger charge is -1.95. The smallest absolute Gasteiger partial charge is 0.355 e. The Morgan fingerprint density at radius 2 is 2.50 bits per heavy atom.